The van der Waals surface area contributed by atoms with Crippen LogP contribution >= 0.6 is 0 Å². The highest BCUT2D eigenvalue weighted by molar-refractivity contribution is 6.12. The highest BCUT2D eigenvalue weighted by atomic mass is 15.1. The third-order valence-electron chi connectivity index (χ3n) is 16.8. The van der Waals surface area contributed by atoms with Crippen molar-refractivity contribution in [2.24, 2.45) is 31.8 Å². The monoisotopic (exact) mass is 1060 g/mol. The van der Waals surface area contributed by atoms with Gasteiger partial charge in [-0.1, -0.05) is 150 Å². The molecule has 0 aliphatic carbocycles. The first-order chi connectivity index (χ1) is 39.1. The van der Waals surface area contributed by atoms with E-state index in [0.29, 0.717) is 11.8 Å². The molecule has 81 heavy (non-hydrogen) atoms. The maximum absolute atomic E-state index is 4.88. The minimum atomic E-state index is -0.618. The van der Waals surface area contributed by atoms with Gasteiger partial charge in [0.25, 0.3) is 0 Å². The molecule has 5 heteroatoms. The fourth-order valence-electron chi connectivity index (χ4n) is 13.3. The summed E-state index contributed by atoms with van der Waals surface area (Å²) in [5.41, 5.74) is 21.6. The number of hydrogen-bond donors (Lipinski definition) is 0. The Morgan fingerprint density at radius 2 is 1.21 bits per heavy atom. The number of hydrogen-bond acceptors (Lipinski definition) is 0. The van der Waals surface area contributed by atoms with Crippen LogP contribution in [0.25, 0.3) is 83.0 Å². The SMILES string of the molecule is C=C(C=CC(C)=CC(C)C)c1c(CC(C)Cn2c3ccccc3c3cc(C(C)(Cc4ccccc4-c4cccc[n+]4C)[n+]4ccccc4-c4ccccc4C)c(-c4ccc(C)c[n+]4C)cc32)ccc2c3ccccc3n(CC(C)C)c12. The van der Waals surface area contributed by atoms with Crippen molar-refractivity contribution in [3.8, 4) is 33.8 Å². The van der Waals surface area contributed by atoms with Crippen LogP contribution in [0.2, 0.25) is 0 Å². The lowest BCUT2D eigenvalue weighted by Gasteiger charge is -2.30. The van der Waals surface area contributed by atoms with Crippen molar-refractivity contribution in [1.82, 2.24) is 9.13 Å². The van der Waals surface area contributed by atoms with Crippen LogP contribution in [0.15, 0.2) is 219 Å². The smallest absolute Gasteiger partial charge is 0.213 e. The molecule has 0 saturated carbocycles. The van der Waals surface area contributed by atoms with E-state index >= 15 is 0 Å². The van der Waals surface area contributed by atoms with Gasteiger partial charge in [0.2, 0.25) is 17.1 Å². The summed E-state index contributed by atoms with van der Waals surface area (Å²) in [6, 6.07) is 63.7. The van der Waals surface area contributed by atoms with Crippen LogP contribution in [0.4, 0.5) is 0 Å². The average molecular weight is 1060 g/mol. The van der Waals surface area contributed by atoms with Crippen molar-refractivity contribution < 1.29 is 13.7 Å². The van der Waals surface area contributed by atoms with Crippen molar-refractivity contribution in [2.75, 3.05) is 0 Å². The molecule has 11 rings (SSSR count). The zero-order valence-electron chi connectivity index (χ0n) is 49.6. The quantitative estimate of drug-likeness (QED) is 0.0640. The molecule has 5 nitrogen and oxygen atoms in total. The number of pyridine rings is 3. The van der Waals surface area contributed by atoms with Gasteiger partial charge in [-0.15, -0.1) is 0 Å². The Labute approximate surface area is 481 Å². The van der Waals surface area contributed by atoms with Crippen molar-refractivity contribution in [2.45, 2.75) is 93.8 Å². The molecule has 0 bridgehead atoms. The molecule has 5 heterocycles. The number of benzene rings is 6. The van der Waals surface area contributed by atoms with Crippen LogP contribution < -0.4 is 13.7 Å². The lowest BCUT2D eigenvalue weighted by molar-refractivity contribution is -0.741. The molecule has 0 saturated heterocycles. The van der Waals surface area contributed by atoms with E-state index in [4.69, 9.17) is 6.58 Å². The summed E-state index contributed by atoms with van der Waals surface area (Å²) in [4.78, 5) is 0. The molecule has 0 aliphatic heterocycles. The fourth-order valence-corrected chi connectivity index (χ4v) is 13.3. The lowest BCUT2D eigenvalue weighted by Crippen LogP contribution is -2.58. The maximum Gasteiger partial charge on any atom is 0.213 e. The van der Waals surface area contributed by atoms with Gasteiger partial charge in [0.15, 0.2) is 24.1 Å². The van der Waals surface area contributed by atoms with Crippen molar-refractivity contribution in [3.05, 3.63) is 252 Å². The van der Waals surface area contributed by atoms with E-state index in [2.05, 4.69) is 306 Å². The fraction of sp³-hybridized carbons (Fsp3) is 0.250. The van der Waals surface area contributed by atoms with Gasteiger partial charge in [-0.25, -0.2) is 9.13 Å². The van der Waals surface area contributed by atoms with Gasteiger partial charge in [0, 0.05) is 123 Å². The zero-order chi connectivity index (χ0) is 56.7. The number of para-hydroxylation sites is 2. The van der Waals surface area contributed by atoms with Crippen molar-refractivity contribution >= 4 is 49.2 Å². The number of aryl methyl sites for hydroxylation is 4. The van der Waals surface area contributed by atoms with Crippen LogP contribution in [0.1, 0.15) is 81.8 Å². The predicted octanol–water partition coefficient (Wildman–Crippen LogP) is 17.2. The molecule has 0 aliphatic rings. The molecule has 11 aromatic rings. The van der Waals surface area contributed by atoms with E-state index in [1.807, 2.05) is 0 Å². The predicted molar refractivity (Wildman–Crippen MR) is 341 cm³/mol. The van der Waals surface area contributed by atoms with Crippen molar-refractivity contribution in [1.29, 1.82) is 0 Å². The summed E-state index contributed by atoms with van der Waals surface area (Å²) in [6.07, 6.45) is 15.2. The van der Waals surface area contributed by atoms with Crippen LogP contribution in [0, 0.1) is 31.6 Å². The van der Waals surface area contributed by atoms with Crippen molar-refractivity contribution in [3.63, 3.8) is 0 Å². The Bertz CT molecular complexity index is 4250. The van der Waals surface area contributed by atoms with Crippen LogP contribution in [-0.2, 0) is 45.6 Å². The summed E-state index contributed by atoms with van der Waals surface area (Å²) in [5.74, 6) is 1.20. The van der Waals surface area contributed by atoms with Gasteiger partial charge in [-0.2, -0.15) is 4.57 Å². The van der Waals surface area contributed by atoms with E-state index in [1.165, 1.54) is 116 Å². The molecular weight excluding hydrogens is 983 g/mol. The lowest BCUT2D eigenvalue weighted by atomic mass is 9.79. The number of nitrogens with zero attached hydrogens (tertiary/aromatic N) is 5. The standard InChI is InChI=1S/C76H80N5/c1-51(2)43-53(5)35-37-57(9)74-58(38-39-64-62-29-17-20-33-71(62)80(75(64)74)48-52(3)4)44-55(7)50-79-70-32-19-18-30-63(70)65-45-67(66(46-73(65)79)69-40-36-54(6)49-78(69)12)76(10,81-42-24-22-34-72(81)60-27-15-13-25-56(60)8)47-59-26-14-16-28-61(59)68-31-21-23-41-77(68)11/h13-43,45-46,49,51-52,55H,9,44,47-48,50H2,1-8,10-12H3/q+3. The summed E-state index contributed by atoms with van der Waals surface area (Å²) in [6.45, 7) is 27.3. The number of allylic oxidation sites excluding steroid dienone is 5. The van der Waals surface area contributed by atoms with Gasteiger partial charge in [-0.05, 0) is 122 Å². The zero-order valence-corrected chi connectivity index (χ0v) is 49.6. The molecule has 0 fully saturated rings. The Morgan fingerprint density at radius 1 is 0.568 bits per heavy atom. The molecule has 2 unspecified atom stereocenters. The van der Waals surface area contributed by atoms with Crippen LogP contribution in [0.5, 0.6) is 0 Å². The average Bonchev–Trinajstić information content (AvgIpc) is 3.81. The van der Waals surface area contributed by atoms with E-state index in [9.17, 15) is 0 Å². The van der Waals surface area contributed by atoms with Crippen LogP contribution in [-0.4, -0.2) is 9.13 Å². The third-order valence-corrected chi connectivity index (χ3v) is 16.8. The van der Waals surface area contributed by atoms with Gasteiger partial charge >= 0.3 is 0 Å². The minimum absolute atomic E-state index is 0.263. The molecule has 0 N–H and O–H groups in total. The second-order valence-corrected chi connectivity index (χ2v) is 24.2. The highest BCUT2D eigenvalue weighted by Gasteiger charge is 2.44. The second-order valence-electron chi connectivity index (χ2n) is 24.2. The molecule has 0 amide bonds. The maximum atomic E-state index is 4.88. The molecular formula is C76H80N5+3. The molecule has 0 spiro atoms. The largest absolute Gasteiger partial charge is 0.340 e. The van der Waals surface area contributed by atoms with Gasteiger partial charge in [0.05, 0.1) is 11.1 Å². The molecule has 0 radical (unpaired) electrons. The molecule has 5 aromatic heterocycles. The highest BCUT2D eigenvalue weighted by Crippen LogP contribution is 2.43. The minimum Gasteiger partial charge on any atom is -0.340 e. The van der Waals surface area contributed by atoms with Gasteiger partial charge in [0.1, 0.15) is 14.1 Å². The van der Waals surface area contributed by atoms with Gasteiger partial charge in [-0.3, -0.25) is 0 Å². The molecule has 2 atom stereocenters. The topological polar surface area (TPSA) is 21.5 Å². The van der Waals surface area contributed by atoms with Gasteiger partial charge < -0.3 is 9.13 Å². The summed E-state index contributed by atoms with van der Waals surface area (Å²) < 4.78 is 12.4. The number of aromatic nitrogens is 5. The van der Waals surface area contributed by atoms with E-state index in [0.717, 1.165) is 31.5 Å². The Balaban J connectivity index is 1.12. The first-order valence-corrected chi connectivity index (χ1v) is 29.3. The first kappa shape index (κ1) is 54.5. The number of rotatable bonds is 17. The summed E-state index contributed by atoms with van der Waals surface area (Å²) >= 11 is 0. The molecule has 6 aromatic carbocycles. The Hall–Kier alpha value is -8.41. The Kier molecular flexibility index (Phi) is 15.2. The Morgan fingerprint density at radius 3 is 1.93 bits per heavy atom. The summed E-state index contributed by atoms with van der Waals surface area (Å²) in [5, 5.41) is 5.12. The van der Waals surface area contributed by atoms with E-state index in [-0.39, 0.29) is 5.92 Å². The van der Waals surface area contributed by atoms with E-state index < -0.39 is 5.54 Å². The number of fused-ring (bicyclic) bond motifs is 6. The third kappa shape index (κ3) is 10.5. The normalized spacial score (nSPS) is 13.4. The molecule has 406 valence electrons. The summed E-state index contributed by atoms with van der Waals surface area (Å²) in [7, 11) is 4.37. The first-order valence-electron chi connectivity index (χ1n) is 29.3. The van der Waals surface area contributed by atoms with Crippen LogP contribution in [0.3, 0.4) is 0 Å². The second kappa shape index (κ2) is 22.6. The van der Waals surface area contributed by atoms with E-state index in [1.54, 1.807) is 0 Å².